The number of esters is 1. The molecule has 214 valence electrons. The lowest BCUT2D eigenvalue weighted by atomic mass is 9.42. The molecule has 0 radical (unpaired) electrons. The van der Waals surface area contributed by atoms with Gasteiger partial charge in [0, 0.05) is 6.42 Å². The first-order valence-electron chi connectivity index (χ1n) is 15.9. The molecule has 3 saturated carbocycles. The van der Waals surface area contributed by atoms with Crippen molar-refractivity contribution in [2.75, 3.05) is 0 Å². The van der Waals surface area contributed by atoms with E-state index in [-0.39, 0.29) is 28.3 Å². The number of fused-ring (bicyclic) bond motifs is 4. The van der Waals surface area contributed by atoms with Crippen LogP contribution in [-0.4, -0.2) is 17.9 Å². The van der Waals surface area contributed by atoms with Gasteiger partial charge in [-0.2, -0.15) is 0 Å². The van der Waals surface area contributed by atoms with Gasteiger partial charge in [0.05, 0.1) is 11.0 Å². The summed E-state index contributed by atoms with van der Waals surface area (Å²) >= 11 is 0. The molecule has 0 unspecified atom stereocenters. The molecular formula is C36H52O3. The van der Waals surface area contributed by atoms with Crippen LogP contribution in [0.5, 0.6) is 0 Å². The summed E-state index contributed by atoms with van der Waals surface area (Å²) in [5.74, 6) is 3.46. The van der Waals surface area contributed by atoms with Crippen molar-refractivity contribution in [1.82, 2.24) is 0 Å². The van der Waals surface area contributed by atoms with Crippen LogP contribution in [-0.2, 0) is 9.53 Å². The molecule has 3 nitrogen and oxygen atoms in total. The summed E-state index contributed by atoms with van der Waals surface area (Å²) in [7, 11) is 0. The van der Waals surface area contributed by atoms with Crippen molar-refractivity contribution in [1.29, 1.82) is 0 Å². The molecular weight excluding hydrogens is 480 g/mol. The highest BCUT2D eigenvalue weighted by atomic mass is 16.5. The van der Waals surface area contributed by atoms with Crippen LogP contribution in [0.4, 0.5) is 0 Å². The zero-order valence-electron chi connectivity index (χ0n) is 25.6. The van der Waals surface area contributed by atoms with Crippen molar-refractivity contribution < 1.29 is 14.3 Å². The number of hydrogen-bond acceptors (Lipinski definition) is 3. The lowest BCUT2D eigenvalue weighted by molar-refractivity contribution is -0.148. The molecule has 1 aromatic carbocycles. The van der Waals surface area contributed by atoms with Crippen molar-refractivity contribution in [2.45, 2.75) is 119 Å². The smallest absolute Gasteiger partial charge is 0.338 e. The van der Waals surface area contributed by atoms with Crippen LogP contribution in [0, 0.1) is 45.8 Å². The van der Waals surface area contributed by atoms with Gasteiger partial charge in [0.15, 0.2) is 0 Å². The fourth-order valence-corrected chi connectivity index (χ4v) is 9.55. The summed E-state index contributed by atoms with van der Waals surface area (Å²) in [6.45, 7) is 16.7. The molecule has 3 fully saturated rings. The second-order valence-corrected chi connectivity index (χ2v) is 14.8. The number of allylic oxidation sites excluding steroid dienone is 2. The lowest BCUT2D eigenvalue weighted by Crippen LogP contribution is -2.58. The van der Waals surface area contributed by atoms with E-state index in [2.05, 4.69) is 48.5 Å². The van der Waals surface area contributed by atoms with Gasteiger partial charge >= 0.3 is 5.97 Å². The number of rotatable bonds is 7. The minimum absolute atomic E-state index is 0.0397. The van der Waals surface area contributed by atoms with Gasteiger partial charge in [0.2, 0.25) is 0 Å². The van der Waals surface area contributed by atoms with Crippen molar-refractivity contribution in [3.8, 4) is 0 Å². The quantitative estimate of drug-likeness (QED) is 0.260. The van der Waals surface area contributed by atoms with E-state index in [0.717, 1.165) is 43.9 Å². The third-order valence-electron chi connectivity index (χ3n) is 12.8. The summed E-state index contributed by atoms with van der Waals surface area (Å²) in [6, 6.07) is 9.34. The van der Waals surface area contributed by atoms with Gasteiger partial charge in [0.25, 0.3) is 0 Å². The van der Waals surface area contributed by atoms with Crippen LogP contribution in [0.2, 0.25) is 0 Å². The zero-order valence-corrected chi connectivity index (χ0v) is 25.6. The Morgan fingerprint density at radius 3 is 2.33 bits per heavy atom. The number of ketones is 1. The number of Topliss-reactive ketones (excluding diaryl/α,β-unsaturated/α-hetero) is 1. The van der Waals surface area contributed by atoms with Crippen molar-refractivity contribution in [3.63, 3.8) is 0 Å². The van der Waals surface area contributed by atoms with E-state index in [1.165, 1.54) is 31.3 Å². The third-order valence-corrected chi connectivity index (χ3v) is 12.8. The Balaban J connectivity index is 1.35. The number of hydrogen-bond donors (Lipinski definition) is 0. The van der Waals surface area contributed by atoms with Crippen LogP contribution in [0.15, 0.2) is 41.5 Å². The predicted octanol–water partition coefficient (Wildman–Crippen LogP) is 9.21. The Morgan fingerprint density at radius 2 is 1.64 bits per heavy atom. The first-order valence-corrected chi connectivity index (χ1v) is 15.9. The minimum Gasteiger partial charge on any atom is -0.459 e. The Hall–Kier alpha value is -1.90. The highest BCUT2D eigenvalue weighted by Crippen LogP contribution is 2.69. The summed E-state index contributed by atoms with van der Waals surface area (Å²) in [5, 5.41) is 0. The summed E-state index contributed by atoms with van der Waals surface area (Å²) in [6.07, 6.45) is 10.5. The maximum Gasteiger partial charge on any atom is 0.338 e. The minimum atomic E-state index is -0.372. The van der Waals surface area contributed by atoms with Gasteiger partial charge in [-0.05, 0) is 104 Å². The maximum atomic E-state index is 14.4. The molecule has 0 aliphatic heterocycles. The molecule has 0 bridgehead atoms. The molecule has 0 amide bonds. The van der Waals surface area contributed by atoms with Gasteiger partial charge < -0.3 is 4.74 Å². The topological polar surface area (TPSA) is 43.4 Å². The Morgan fingerprint density at radius 1 is 0.949 bits per heavy atom. The van der Waals surface area contributed by atoms with Crippen molar-refractivity contribution >= 4 is 11.8 Å². The van der Waals surface area contributed by atoms with E-state index < -0.39 is 0 Å². The van der Waals surface area contributed by atoms with Gasteiger partial charge in [-0.3, -0.25) is 4.79 Å². The van der Waals surface area contributed by atoms with Crippen molar-refractivity contribution in [3.05, 3.63) is 47.0 Å². The first kappa shape index (κ1) is 28.6. The molecule has 8 atom stereocenters. The molecule has 3 heteroatoms. The fourth-order valence-electron chi connectivity index (χ4n) is 9.55. The van der Waals surface area contributed by atoms with Crippen LogP contribution in [0.3, 0.4) is 0 Å². The molecule has 4 aliphatic carbocycles. The normalized spacial score (nSPS) is 37.6. The molecule has 39 heavy (non-hydrogen) atoms. The Labute approximate surface area is 237 Å². The van der Waals surface area contributed by atoms with Gasteiger partial charge in [-0.1, -0.05) is 83.7 Å². The monoisotopic (exact) mass is 532 g/mol. The van der Waals surface area contributed by atoms with Crippen LogP contribution >= 0.6 is 0 Å². The molecule has 5 rings (SSSR count). The maximum absolute atomic E-state index is 14.4. The fraction of sp³-hybridized carbons (Fsp3) is 0.722. The Bertz CT molecular complexity index is 1120. The molecule has 0 heterocycles. The van der Waals surface area contributed by atoms with Gasteiger partial charge in [-0.25, -0.2) is 4.79 Å². The van der Waals surface area contributed by atoms with Crippen LogP contribution in [0.1, 0.15) is 123 Å². The van der Waals surface area contributed by atoms with Crippen molar-refractivity contribution in [2.24, 2.45) is 45.8 Å². The van der Waals surface area contributed by atoms with Crippen LogP contribution in [0.25, 0.3) is 0 Å². The zero-order chi connectivity index (χ0) is 28.2. The molecule has 0 aromatic heterocycles. The summed E-state index contributed by atoms with van der Waals surface area (Å²) in [5.41, 5.74) is 3.42. The summed E-state index contributed by atoms with van der Waals surface area (Å²) < 4.78 is 6.01. The van der Waals surface area contributed by atoms with Crippen LogP contribution < -0.4 is 0 Å². The van der Waals surface area contributed by atoms with Gasteiger partial charge in [-0.15, -0.1) is 0 Å². The first-order chi connectivity index (χ1) is 18.4. The van der Waals surface area contributed by atoms with E-state index in [9.17, 15) is 9.59 Å². The predicted molar refractivity (Wildman–Crippen MR) is 158 cm³/mol. The van der Waals surface area contributed by atoms with E-state index in [4.69, 9.17) is 4.74 Å². The SMILES string of the molecule is CC(C)[C@@H](C)CC[C@@H](C)[C@@H]1CCC2=C3CC[C@H]4C[C@H](OC(=O)c5ccccc5)CC[C@]4(C)[C@@]3(C)C(=O)C[C@@]21C. The second-order valence-electron chi connectivity index (χ2n) is 14.8. The summed E-state index contributed by atoms with van der Waals surface area (Å²) in [4.78, 5) is 27.2. The average Bonchev–Trinajstić information content (AvgIpc) is 3.25. The van der Waals surface area contributed by atoms with E-state index in [0.29, 0.717) is 35.5 Å². The molecule has 4 aliphatic rings. The standard InChI is InChI=1S/C36H52O3/c1-23(2)24(3)13-14-25(4)29-17-18-30-31-16-15-27-21-28(39-33(38)26-11-9-8-10-12-26)19-20-35(27,6)36(31,7)32(37)22-34(29,30)5/h8-12,23-25,27-29H,13-22H2,1-7H3/t24-,25+,27-,28+,29-,34+,35-,36+/m0/s1. The van der Waals surface area contributed by atoms with E-state index in [1.54, 1.807) is 5.57 Å². The highest BCUT2D eigenvalue weighted by Gasteiger charge is 2.64. The highest BCUT2D eigenvalue weighted by molar-refractivity contribution is 5.92. The molecule has 0 saturated heterocycles. The van der Waals surface area contributed by atoms with Gasteiger partial charge in [0.1, 0.15) is 11.9 Å². The average molecular weight is 533 g/mol. The third kappa shape index (κ3) is 4.64. The molecule has 1 aromatic rings. The number of benzene rings is 1. The largest absolute Gasteiger partial charge is 0.459 e. The Kier molecular flexibility index (Phi) is 7.70. The molecule has 0 spiro atoms. The van der Waals surface area contributed by atoms with E-state index >= 15 is 0 Å². The van der Waals surface area contributed by atoms with E-state index in [1.807, 2.05) is 30.3 Å². The number of carbonyl (C=O) groups is 2. The molecule has 0 N–H and O–H groups in total. The second kappa shape index (κ2) is 10.5. The number of carbonyl (C=O) groups excluding carboxylic acids is 2. The lowest BCUT2D eigenvalue weighted by Gasteiger charge is -2.61. The number of ether oxygens (including phenoxy) is 1.